The van der Waals surface area contributed by atoms with Crippen molar-refractivity contribution in [3.05, 3.63) is 66.0 Å². The third-order valence-electron chi connectivity index (χ3n) is 4.05. The van der Waals surface area contributed by atoms with Gasteiger partial charge in [-0.15, -0.1) is 0 Å². The van der Waals surface area contributed by atoms with Gasteiger partial charge in [0.2, 0.25) is 0 Å². The number of rotatable bonds is 4. The highest BCUT2D eigenvalue weighted by molar-refractivity contribution is 6.05. The molecule has 0 spiro atoms. The average Bonchev–Trinajstić information content (AvgIpc) is 2.99. The van der Waals surface area contributed by atoms with Crippen LogP contribution in [0.3, 0.4) is 0 Å². The molecule has 0 bridgehead atoms. The molecule has 0 aliphatic rings. The second-order valence-electron chi connectivity index (χ2n) is 5.81. The van der Waals surface area contributed by atoms with E-state index in [9.17, 15) is 5.11 Å². The number of aryl methyl sites for hydroxylation is 1. The molecule has 0 fully saturated rings. The van der Waals surface area contributed by atoms with Crippen LogP contribution in [0.1, 0.15) is 17.2 Å². The maximum absolute atomic E-state index is 10.4. The summed E-state index contributed by atoms with van der Waals surface area (Å²) in [6.45, 7) is 2.35. The number of fused-ring (bicyclic) bond motifs is 3. The second kappa shape index (κ2) is 5.94. The summed E-state index contributed by atoms with van der Waals surface area (Å²) >= 11 is 0. The van der Waals surface area contributed by atoms with E-state index in [2.05, 4.69) is 15.3 Å². The first-order chi connectivity index (χ1) is 11.7. The minimum absolute atomic E-state index is 0.340. The minimum Gasteiger partial charge on any atom is -0.450 e. The van der Waals surface area contributed by atoms with Crippen LogP contribution in [0.15, 0.2) is 59.3 Å². The highest BCUT2D eigenvalue weighted by atomic mass is 16.3. The number of hydrogen-bond donors (Lipinski definition) is 2. The Morgan fingerprint density at radius 2 is 2.00 bits per heavy atom. The van der Waals surface area contributed by atoms with Crippen LogP contribution in [-0.2, 0) is 0 Å². The molecular formula is C19H17N3O2. The molecule has 1 unspecified atom stereocenters. The Kier molecular flexibility index (Phi) is 3.63. The molecule has 4 rings (SSSR count). The summed E-state index contributed by atoms with van der Waals surface area (Å²) in [7, 11) is 0. The van der Waals surface area contributed by atoms with Crippen LogP contribution >= 0.6 is 0 Å². The quantitative estimate of drug-likeness (QED) is 0.598. The van der Waals surface area contributed by atoms with Gasteiger partial charge in [-0.3, -0.25) is 0 Å². The lowest BCUT2D eigenvalue weighted by Crippen LogP contribution is -2.13. The summed E-state index contributed by atoms with van der Waals surface area (Å²) in [6, 6.07) is 15.6. The van der Waals surface area contributed by atoms with Crippen LogP contribution < -0.4 is 5.32 Å². The number of furan rings is 1. The predicted molar refractivity (Wildman–Crippen MR) is 93.9 cm³/mol. The Bertz CT molecular complexity index is 1010. The number of hydrogen-bond acceptors (Lipinski definition) is 5. The van der Waals surface area contributed by atoms with Crippen LogP contribution in [0.2, 0.25) is 0 Å². The minimum atomic E-state index is -0.626. The average molecular weight is 319 g/mol. The van der Waals surface area contributed by atoms with E-state index in [1.54, 1.807) is 0 Å². The summed E-state index contributed by atoms with van der Waals surface area (Å²) < 4.78 is 5.87. The molecular weight excluding hydrogens is 302 g/mol. The van der Waals surface area contributed by atoms with Crippen molar-refractivity contribution in [1.82, 2.24) is 9.97 Å². The molecule has 2 N–H and O–H groups in total. The highest BCUT2D eigenvalue weighted by Crippen LogP contribution is 2.30. The van der Waals surface area contributed by atoms with Crippen LogP contribution in [0.25, 0.3) is 22.1 Å². The highest BCUT2D eigenvalue weighted by Gasteiger charge is 2.14. The van der Waals surface area contributed by atoms with Crippen LogP contribution in [0.4, 0.5) is 5.82 Å². The van der Waals surface area contributed by atoms with Crippen molar-refractivity contribution in [2.24, 2.45) is 0 Å². The van der Waals surface area contributed by atoms with Crippen molar-refractivity contribution in [1.29, 1.82) is 0 Å². The van der Waals surface area contributed by atoms with E-state index >= 15 is 0 Å². The first kappa shape index (κ1) is 14.7. The molecule has 0 aliphatic heterocycles. The van der Waals surface area contributed by atoms with Crippen molar-refractivity contribution in [2.45, 2.75) is 13.0 Å². The summed E-state index contributed by atoms with van der Waals surface area (Å²) in [6.07, 6.45) is 0.880. The predicted octanol–water partition coefficient (Wildman–Crippen LogP) is 3.83. The number of benzene rings is 2. The van der Waals surface area contributed by atoms with Gasteiger partial charge in [-0.25, -0.2) is 9.97 Å². The molecule has 2 heterocycles. The maximum atomic E-state index is 10.4. The van der Waals surface area contributed by atoms with Crippen LogP contribution in [-0.4, -0.2) is 21.6 Å². The number of aliphatic hydroxyl groups excluding tert-OH is 1. The van der Waals surface area contributed by atoms with Crippen LogP contribution in [0, 0.1) is 6.92 Å². The van der Waals surface area contributed by atoms with Gasteiger partial charge >= 0.3 is 0 Å². The van der Waals surface area contributed by atoms with Gasteiger partial charge < -0.3 is 14.8 Å². The number of nitrogens with one attached hydrogen (secondary N) is 1. The molecule has 2 aromatic carbocycles. The SMILES string of the molecule is Cc1cccc(C(O)CNc2ncnc3c2oc2ccccc23)c1. The van der Waals surface area contributed by atoms with Gasteiger partial charge in [0.25, 0.3) is 0 Å². The van der Waals surface area contributed by atoms with Crippen molar-refractivity contribution in [2.75, 3.05) is 11.9 Å². The van der Waals surface area contributed by atoms with Gasteiger partial charge in [-0.2, -0.15) is 0 Å². The Morgan fingerprint density at radius 1 is 1.12 bits per heavy atom. The lowest BCUT2D eigenvalue weighted by Gasteiger charge is -2.13. The van der Waals surface area contributed by atoms with Gasteiger partial charge in [0, 0.05) is 11.9 Å². The molecule has 0 saturated carbocycles. The molecule has 0 aliphatic carbocycles. The largest absolute Gasteiger partial charge is 0.450 e. The van der Waals surface area contributed by atoms with Crippen molar-refractivity contribution in [3.8, 4) is 0 Å². The van der Waals surface area contributed by atoms with Gasteiger partial charge in [-0.1, -0.05) is 42.0 Å². The van der Waals surface area contributed by atoms with E-state index in [1.807, 2.05) is 55.5 Å². The summed E-state index contributed by atoms with van der Waals surface area (Å²) in [4.78, 5) is 8.58. The molecule has 0 amide bonds. The zero-order chi connectivity index (χ0) is 16.5. The molecule has 0 radical (unpaired) electrons. The summed E-state index contributed by atoms with van der Waals surface area (Å²) in [5, 5.41) is 14.5. The molecule has 0 saturated heterocycles. The van der Waals surface area contributed by atoms with E-state index in [0.29, 0.717) is 17.9 Å². The third kappa shape index (κ3) is 2.59. The smallest absolute Gasteiger partial charge is 0.196 e. The number of aliphatic hydroxyl groups is 1. The first-order valence-corrected chi connectivity index (χ1v) is 7.83. The summed E-state index contributed by atoms with van der Waals surface area (Å²) in [5.41, 5.74) is 4.14. The van der Waals surface area contributed by atoms with E-state index < -0.39 is 6.10 Å². The molecule has 1 atom stereocenters. The number of para-hydroxylation sites is 1. The molecule has 24 heavy (non-hydrogen) atoms. The Morgan fingerprint density at radius 3 is 2.88 bits per heavy atom. The second-order valence-corrected chi connectivity index (χ2v) is 5.81. The molecule has 4 aromatic rings. The first-order valence-electron chi connectivity index (χ1n) is 7.83. The van der Waals surface area contributed by atoms with Gasteiger partial charge in [-0.05, 0) is 24.6 Å². The monoisotopic (exact) mass is 319 g/mol. The maximum Gasteiger partial charge on any atom is 0.196 e. The topological polar surface area (TPSA) is 71.2 Å². The third-order valence-corrected chi connectivity index (χ3v) is 4.05. The molecule has 5 nitrogen and oxygen atoms in total. The number of nitrogens with zero attached hydrogens (tertiary/aromatic N) is 2. The fraction of sp³-hybridized carbons (Fsp3) is 0.158. The van der Waals surface area contributed by atoms with E-state index in [0.717, 1.165) is 27.6 Å². The standard InChI is InChI=1S/C19H17N3O2/c1-12-5-4-6-13(9-12)15(23)10-20-19-18-17(21-11-22-19)14-7-2-3-8-16(14)24-18/h2-9,11,15,23H,10H2,1H3,(H,20,21,22). The Balaban J connectivity index is 1.63. The molecule has 120 valence electrons. The normalized spacial score (nSPS) is 12.6. The van der Waals surface area contributed by atoms with Crippen molar-refractivity contribution in [3.63, 3.8) is 0 Å². The Labute approximate surface area is 139 Å². The van der Waals surface area contributed by atoms with Crippen molar-refractivity contribution < 1.29 is 9.52 Å². The van der Waals surface area contributed by atoms with Gasteiger partial charge in [0.1, 0.15) is 17.4 Å². The van der Waals surface area contributed by atoms with Gasteiger partial charge in [0.05, 0.1) is 6.10 Å². The Hall–Kier alpha value is -2.92. The molecule has 5 heteroatoms. The van der Waals surface area contributed by atoms with Crippen molar-refractivity contribution >= 4 is 27.9 Å². The van der Waals surface area contributed by atoms with Gasteiger partial charge in [0.15, 0.2) is 11.4 Å². The van der Waals surface area contributed by atoms with E-state index in [4.69, 9.17) is 4.42 Å². The number of aromatic nitrogens is 2. The summed E-state index contributed by atoms with van der Waals surface area (Å²) in [5.74, 6) is 0.586. The molecule has 2 aromatic heterocycles. The zero-order valence-electron chi connectivity index (χ0n) is 13.2. The zero-order valence-corrected chi connectivity index (χ0v) is 13.2. The van der Waals surface area contributed by atoms with E-state index in [1.165, 1.54) is 6.33 Å². The van der Waals surface area contributed by atoms with E-state index in [-0.39, 0.29) is 0 Å². The fourth-order valence-corrected chi connectivity index (χ4v) is 2.84. The lowest BCUT2D eigenvalue weighted by molar-refractivity contribution is 0.191. The van der Waals surface area contributed by atoms with Crippen LogP contribution in [0.5, 0.6) is 0 Å². The lowest BCUT2D eigenvalue weighted by atomic mass is 10.1. The fourth-order valence-electron chi connectivity index (χ4n) is 2.84. The number of anilines is 1.